The lowest BCUT2D eigenvalue weighted by molar-refractivity contribution is 0.0855. The van der Waals surface area contributed by atoms with Gasteiger partial charge in [-0.15, -0.1) is 0 Å². The number of hydrogen-bond acceptors (Lipinski definition) is 6. The summed E-state index contributed by atoms with van der Waals surface area (Å²) in [7, 11) is 0. The summed E-state index contributed by atoms with van der Waals surface area (Å²) in [5, 5.41) is 3.92. The number of anilines is 2. The lowest BCUT2D eigenvalue weighted by atomic mass is 9.78. The molecule has 1 saturated heterocycles. The third-order valence-electron chi connectivity index (χ3n) is 4.53. The largest absolute Gasteiger partial charge is 0.382 e. The molecule has 1 amide bonds. The summed E-state index contributed by atoms with van der Waals surface area (Å²) < 4.78 is 0. The fourth-order valence-electron chi connectivity index (χ4n) is 2.87. The molecule has 2 heterocycles. The highest BCUT2D eigenvalue weighted by Crippen LogP contribution is 2.34. The van der Waals surface area contributed by atoms with Crippen LogP contribution in [-0.4, -0.2) is 35.6 Å². The Balaban J connectivity index is 1.70. The van der Waals surface area contributed by atoms with Crippen LogP contribution in [0, 0.1) is 0 Å². The number of carbonyl (C=O) groups is 1. The molecule has 1 aliphatic carbocycles. The lowest BCUT2D eigenvalue weighted by Gasteiger charge is -2.38. The van der Waals surface area contributed by atoms with E-state index in [0.29, 0.717) is 10.7 Å². The molecule has 0 atom stereocenters. The van der Waals surface area contributed by atoms with E-state index in [4.69, 9.17) is 11.5 Å². The quantitative estimate of drug-likeness (QED) is 0.782. The monoisotopic (exact) mass is 309 g/mol. The van der Waals surface area contributed by atoms with Gasteiger partial charge in [0.2, 0.25) is 0 Å². The van der Waals surface area contributed by atoms with Crippen LogP contribution in [0.3, 0.4) is 0 Å². The maximum absolute atomic E-state index is 12.4. The molecule has 6 nitrogen and oxygen atoms in total. The predicted molar refractivity (Wildman–Crippen MR) is 85.7 cm³/mol. The first-order valence-corrected chi connectivity index (χ1v) is 8.38. The number of nitrogens with two attached hydrogens (primary N) is 2. The summed E-state index contributed by atoms with van der Waals surface area (Å²) in [5.41, 5.74) is 11.8. The molecular weight excluding hydrogens is 286 g/mol. The van der Waals surface area contributed by atoms with Gasteiger partial charge in [-0.2, -0.15) is 0 Å². The molecule has 116 valence electrons. The topological polar surface area (TPSA) is 97.3 Å². The molecule has 1 aromatic rings. The molecule has 7 heteroatoms. The van der Waals surface area contributed by atoms with Crippen LogP contribution in [0.1, 0.15) is 48.7 Å². The molecule has 2 aliphatic rings. The summed E-state index contributed by atoms with van der Waals surface area (Å²) >= 11 is 1.39. The Kier molecular flexibility index (Phi) is 3.79. The Morgan fingerprint density at radius 1 is 1.43 bits per heavy atom. The van der Waals surface area contributed by atoms with Crippen molar-refractivity contribution in [1.82, 2.24) is 10.3 Å². The maximum Gasteiger partial charge on any atom is 0.265 e. The van der Waals surface area contributed by atoms with Gasteiger partial charge in [-0.3, -0.25) is 4.79 Å². The normalized spacial score (nSPS) is 21.9. The predicted octanol–water partition coefficient (Wildman–Crippen LogP) is 1.33. The van der Waals surface area contributed by atoms with Crippen LogP contribution in [-0.2, 0) is 0 Å². The van der Waals surface area contributed by atoms with Crippen molar-refractivity contribution in [3.05, 3.63) is 4.88 Å². The molecule has 0 bridgehead atoms. The number of nitrogens with zero attached hydrogens (tertiary/aromatic N) is 2. The van der Waals surface area contributed by atoms with Crippen molar-refractivity contribution < 1.29 is 4.79 Å². The van der Waals surface area contributed by atoms with Gasteiger partial charge in [0.1, 0.15) is 10.7 Å². The molecule has 0 spiro atoms. The molecule has 3 rings (SSSR count). The fourth-order valence-corrected chi connectivity index (χ4v) is 3.80. The summed E-state index contributed by atoms with van der Waals surface area (Å²) in [5.74, 6) is 0.248. The average Bonchev–Trinajstić information content (AvgIpc) is 2.80. The Bertz CT molecular complexity index is 531. The fraction of sp³-hybridized carbons (Fsp3) is 0.714. The zero-order chi connectivity index (χ0) is 15.0. The van der Waals surface area contributed by atoms with Gasteiger partial charge in [0, 0.05) is 24.7 Å². The van der Waals surface area contributed by atoms with Crippen LogP contribution in [0.2, 0.25) is 0 Å². The van der Waals surface area contributed by atoms with E-state index in [1.807, 2.05) is 0 Å². The molecule has 0 radical (unpaired) electrons. The SMILES string of the molecule is CC1(NC(=O)c2sc(N3CCC(N)CC3)nc2N)CCC1. The Hall–Kier alpha value is -1.34. The highest BCUT2D eigenvalue weighted by atomic mass is 32.1. The number of aromatic nitrogens is 1. The number of carbonyl (C=O) groups excluding carboxylic acids is 1. The molecule has 0 aromatic carbocycles. The highest BCUT2D eigenvalue weighted by Gasteiger charge is 2.34. The minimum Gasteiger partial charge on any atom is -0.382 e. The second-order valence-electron chi connectivity index (χ2n) is 6.40. The first-order chi connectivity index (χ1) is 9.97. The minimum atomic E-state index is -0.0906. The van der Waals surface area contributed by atoms with E-state index >= 15 is 0 Å². The Labute approximate surface area is 128 Å². The van der Waals surface area contributed by atoms with Crippen LogP contribution in [0.25, 0.3) is 0 Å². The van der Waals surface area contributed by atoms with Crippen LogP contribution in [0.15, 0.2) is 0 Å². The van der Waals surface area contributed by atoms with Gasteiger partial charge in [0.25, 0.3) is 5.91 Å². The summed E-state index contributed by atoms with van der Waals surface area (Å²) in [6, 6.07) is 0.278. The number of piperidine rings is 1. The first-order valence-electron chi connectivity index (χ1n) is 7.56. The second kappa shape index (κ2) is 5.46. The summed E-state index contributed by atoms with van der Waals surface area (Å²) in [6.45, 7) is 3.85. The van der Waals surface area contributed by atoms with Crippen molar-refractivity contribution in [3.63, 3.8) is 0 Å². The Morgan fingerprint density at radius 2 is 2.10 bits per heavy atom. The number of nitrogen functional groups attached to an aromatic ring is 1. The molecule has 0 unspecified atom stereocenters. The van der Waals surface area contributed by atoms with Crippen molar-refractivity contribution in [2.45, 2.75) is 50.6 Å². The van der Waals surface area contributed by atoms with Crippen molar-refractivity contribution >= 4 is 28.2 Å². The minimum absolute atomic E-state index is 0.0639. The molecule has 1 saturated carbocycles. The van der Waals surface area contributed by atoms with Crippen LogP contribution >= 0.6 is 11.3 Å². The summed E-state index contributed by atoms with van der Waals surface area (Å²) in [6.07, 6.45) is 5.16. The van der Waals surface area contributed by atoms with Gasteiger partial charge in [-0.05, 0) is 39.0 Å². The second-order valence-corrected chi connectivity index (χ2v) is 7.38. The molecule has 2 fully saturated rings. The number of rotatable bonds is 3. The summed E-state index contributed by atoms with van der Waals surface area (Å²) in [4.78, 5) is 19.4. The van der Waals surface area contributed by atoms with Crippen LogP contribution in [0.5, 0.6) is 0 Å². The van der Waals surface area contributed by atoms with E-state index in [9.17, 15) is 4.79 Å². The zero-order valence-corrected chi connectivity index (χ0v) is 13.2. The lowest BCUT2D eigenvalue weighted by Crippen LogP contribution is -2.50. The molecule has 1 aromatic heterocycles. The van der Waals surface area contributed by atoms with E-state index in [1.54, 1.807) is 0 Å². The third kappa shape index (κ3) is 2.98. The maximum atomic E-state index is 12.4. The molecular formula is C14H23N5OS. The highest BCUT2D eigenvalue weighted by molar-refractivity contribution is 7.18. The van der Waals surface area contributed by atoms with Crippen LogP contribution in [0.4, 0.5) is 10.9 Å². The van der Waals surface area contributed by atoms with Gasteiger partial charge >= 0.3 is 0 Å². The van der Waals surface area contributed by atoms with Crippen LogP contribution < -0.4 is 21.7 Å². The number of thiazole rings is 1. The van der Waals surface area contributed by atoms with Crippen molar-refractivity contribution in [2.24, 2.45) is 5.73 Å². The number of hydrogen-bond donors (Lipinski definition) is 3. The van der Waals surface area contributed by atoms with Gasteiger partial charge in [-0.1, -0.05) is 11.3 Å². The van der Waals surface area contributed by atoms with Gasteiger partial charge in [0.05, 0.1) is 0 Å². The van der Waals surface area contributed by atoms with E-state index < -0.39 is 0 Å². The molecule has 5 N–H and O–H groups in total. The van der Waals surface area contributed by atoms with E-state index in [0.717, 1.165) is 43.9 Å². The average molecular weight is 309 g/mol. The van der Waals surface area contributed by atoms with Gasteiger partial charge in [0.15, 0.2) is 5.13 Å². The van der Waals surface area contributed by atoms with Crippen molar-refractivity contribution in [1.29, 1.82) is 0 Å². The van der Waals surface area contributed by atoms with Gasteiger partial charge in [-0.25, -0.2) is 4.98 Å². The number of amides is 1. The smallest absolute Gasteiger partial charge is 0.265 e. The van der Waals surface area contributed by atoms with E-state index in [-0.39, 0.29) is 17.5 Å². The zero-order valence-electron chi connectivity index (χ0n) is 12.4. The molecule has 1 aliphatic heterocycles. The number of nitrogens with one attached hydrogen (secondary N) is 1. The van der Waals surface area contributed by atoms with E-state index in [2.05, 4.69) is 22.1 Å². The first kappa shape index (κ1) is 14.6. The van der Waals surface area contributed by atoms with Crippen molar-refractivity contribution in [2.75, 3.05) is 23.7 Å². The van der Waals surface area contributed by atoms with Gasteiger partial charge < -0.3 is 21.7 Å². The standard InChI is InChI=1S/C14H23N5OS/c1-14(5-2-6-14)18-12(20)10-11(16)17-13(21-10)19-7-3-9(15)4-8-19/h9H,2-8,15-16H2,1H3,(H,18,20). The Morgan fingerprint density at radius 3 is 2.67 bits per heavy atom. The molecule has 21 heavy (non-hydrogen) atoms. The third-order valence-corrected chi connectivity index (χ3v) is 5.66. The van der Waals surface area contributed by atoms with Crippen molar-refractivity contribution in [3.8, 4) is 0 Å². The van der Waals surface area contributed by atoms with E-state index in [1.165, 1.54) is 17.8 Å².